The lowest BCUT2D eigenvalue weighted by molar-refractivity contribution is 0.102. The highest BCUT2D eigenvalue weighted by atomic mass is 35.5. The van der Waals surface area contributed by atoms with Crippen LogP contribution in [0.15, 0.2) is 48.7 Å². The lowest BCUT2D eigenvalue weighted by Gasteiger charge is -2.23. The fourth-order valence-electron chi connectivity index (χ4n) is 3.39. The van der Waals surface area contributed by atoms with Gasteiger partial charge in [-0.05, 0) is 62.3 Å². The number of aromatic nitrogens is 2. The summed E-state index contributed by atoms with van der Waals surface area (Å²) in [7, 11) is 1.43. The molecule has 33 heavy (non-hydrogen) atoms. The summed E-state index contributed by atoms with van der Waals surface area (Å²) in [6.45, 7) is 1.95. The molecular formula is C23H23Cl2N5O3. The molecule has 0 atom stereocenters. The molecular weight excluding hydrogens is 465 g/mol. The molecule has 1 saturated heterocycles. The number of halogens is 2. The Labute approximate surface area is 201 Å². The summed E-state index contributed by atoms with van der Waals surface area (Å²) in [5, 5.41) is 9.74. The normalized spacial score (nSPS) is 13.9. The van der Waals surface area contributed by atoms with Crippen LogP contribution in [0.4, 0.5) is 17.3 Å². The SMILES string of the molecule is COc1nc(Nc2ccc(OC3CCNCC3)cc2)ncc1C(=O)Nc1c(Cl)cccc1Cl. The van der Waals surface area contributed by atoms with Gasteiger partial charge in [0.05, 0.1) is 22.8 Å². The number of para-hydroxylation sites is 1. The van der Waals surface area contributed by atoms with E-state index < -0.39 is 5.91 Å². The van der Waals surface area contributed by atoms with E-state index in [0.717, 1.165) is 37.4 Å². The van der Waals surface area contributed by atoms with Crippen LogP contribution >= 0.6 is 23.2 Å². The van der Waals surface area contributed by atoms with Gasteiger partial charge in [-0.15, -0.1) is 0 Å². The zero-order chi connectivity index (χ0) is 23.2. The van der Waals surface area contributed by atoms with Crippen molar-refractivity contribution in [3.05, 3.63) is 64.3 Å². The number of carbonyl (C=O) groups excluding carboxylic acids is 1. The third-order valence-electron chi connectivity index (χ3n) is 5.09. The average Bonchev–Trinajstić information content (AvgIpc) is 2.83. The van der Waals surface area contributed by atoms with E-state index in [9.17, 15) is 4.79 Å². The fraction of sp³-hybridized carbons (Fsp3) is 0.261. The Bertz CT molecular complexity index is 1100. The highest BCUT2D eigenvalue weighted by molar-refractivity contribution is 6.40. The smallest absolute Gasteiger partial charge is 0.262 e. The minimum absolute atomic E-state index is 0.110. The number of carbonyl (C=O) groups is 1. The second kappa shape index (κ2) is 10.7. The molecule has 1 aromatic heterocycles. The van der Waals surface area contributed by atoms with E-state index in [1.165, 1.54) is 13.3 Å². The van der Waals surface area contributed by atoms with Gasteiger partial charge in [-0.2, -0.15) is 4.98 Å². The molecule has 0 spiro atoms. The molecule has 172 valence electrons. The number of hydrogen-bond acceptors (Lipinski definition) is 7. The van der Waals surface area contributed by atoms with Crippen LogP contribution in [0.2, 0.25) is 10.0 Å². The lowest BCUT2D eigenvalue weighted by atomic mass is 10.1. The Hall–Kier alpha value is -3.07. The Kier molecular flexibility index (Phi) is 7.49. The van der Waals surface area contributed by atoms with E-state index >= 15 is 0 Å². The largest absolute Gasteiger partial charge is 0.490 e. The molecule has 1 aliphatic rings. The van der Waals surface area contributed by atoms with Gasteiger partial charge >= 0.3 is 0 Å². The summed E-state index contributed by atoms with van der Waals surface area (Å²) in [4.78, 5) is 21.3. The minimum Gasteiger partial charge on any atom is -0.490 e. The quantitative estimate of drug-likeness (QED) is 0.435. The average molecular weight is 488 g/mol. The van der Waals surface area contributed by atoms with Crippen LogP contribution in [0.1, 0.15) is 23.2 Å². The number of methoxy groups -OCH3 is 1. The summed E-state index contributed by atoms with van der Waals surface area (Å²) in [6, 6.07) is 12.5. The van der Waals surface area contributed by atoms with E-state index in [1.54, 1.807) is 18.2 Å². The monoisotopic (exact) mass is 487 g/mol. The number of hydrogen-bond donors (Lipinski definition) is 3. The maximum absolute atomic E-state index is 12.7. The summed E-state index contributed by atoms with van der Waals surface area (Å²) < 4.78 is 11.3. The topological polar surface area (TPSA) is 97.4 Å². The van der Waals surface area contributed by atoms with E-state index in [0.29, 0.717) is 15.7 Å². The van der Waals surface area contributed by atoms with Crippen LogP contribution in [-0.4, -0.2) is 42.2 Å². The van der Waals surface area contributed by atoms with Crippen molar-refractivity contribution < 1.29 is 14.3 Å². The predicted molar refractivity (Wildman–Crippen MR) is 129 cm³/mol. The highest BCUT2D eigenvalue weighted by Crippen LogP contribution is 2.31. The molecule has 2 heterocycles. The molecule has 1 aliphatic heterocycles. The molecule has 0 unspecified atom stereocenters. The minimum atomic E-state index is -0.493. The van der Waals surface area contributed by atoms with Crippen molar-refractivity contribution in [3.8, 4) is 11.6 Å². The number of nitrogens with one attached hydrogen (secondary N) is 3. The van der Waals surface area contributed by atoms with Crippen molar-refractivity contribution in [2.45, 2.75) is 18.9 Å². The number of piperidine rings is 1. The van der Waals surface area contributed by atoms with Crippen LogP contribution < -0.4 is 25.4 Å². The molecule has 3 N–H and O–H groups in total. The maximum Gasteiger partial charge on any atom is 0.262 e. The zero-order valence-corrected chi connectivity index (χ0v) is 19.4. The molecule has 8 nitrogen and oxygen atoms in total. The fourth-order valence-corrected chi connectivity index (χ4v) is 3.88. The molecule has 1 amide bonds. The number of amides is 1. The van der Waals surface area contributed by atoms with Crippen LogP contribution in [0.25, 0.3) is 0 Å². The van der Waals surface area contributed by atoms with Gasteiger partial charge in [0.25, 0.3) is 5.91 Å². The van der Waals surface area contributed by atoms with Crippen molar-refractivity contribution in [1.82, 2.24) is 15.3 Å². The Morgan fingerprint density at radius 2 is 1.79 bits per heavy atom. The summed E-state index contributed by atoms with van der Waals surface area (Å²) in [5.74, 6) is 0.717. The van der Waals surface area contributed by atoms with Crippen LogP contribution in [-0.2, 0) is 0 Å². The molecule has 0 bridgehead atoms. The standard InChI is InChI=1S/C23H23Cl2N5O3/c1-32-22-17(21(31)29-20-18(24)3-2-4-19(20)25)13-27-23(30-22)28-14-5-7-15(8-6-14)33-16-9-11-26-12-10-16/h2-8,13,16,26H,9-12H2,1H3,(H,29,31)(H,27,28,30). The Balaban J connectivity index is 1.43. The van der Waals surface area contributed by atoms with Crippen molar-refractivity contribution in [1.29, 1.82) is 0 Å². The molecule has 1 fully saturated rings. The van der Waals surface area contributed by atoms with Gasteiger partial charge in [0.1, 0.15) is 17.4 Å². The van der Waals surface area contributed by atoms with Crippen LogP contribution in [0.5, 0.6) is 11.6 Å². The third kappa shape index (κ3) is 5.84. The number of benzene rings is 2. The highest BCUT2D eigenvalue weighted by Gasteiger charge is 2.18. The Morgan fingerprint density at radius 1 is 1.09 bits per heavy atom. The number of anilines is 3. The Morgan fingerprint density at radius 3 is 2.45 bits per heavy atom. The van der Waals surface area contributed by atoms with Gasteiger partial charge in [-0.25, -0.2) is 4.98 Å². The lowest BCUT2D eigenvalue weighted by Crippen LogP contribution is -2.34. The first-order valence-corrected chi connectivity index (χ1v) is 11.2. The van der Waals surface area contributed by atoms with Gasteiger partial charge in [0, 0.05) is 11.9 Å². The number of nitrogens with zero attached hydrogens (tertiary/aromatic N) is 2. The molecule has 3 aromatic rings. The van der Waals surface area contributed by atoms with Crippen molar-refractivity contribution in [3.63, 3.8) is 0 Å². The van der Waals surface area contributed by atoms with Crippen LogP contribution in [0.3, 0.4) is 0 Å². The number of ether oxygens (including phenoxy) is 2. The second-order valence-corrected chi connectivity index (χ2v) is 8.20. The van der Waals surface area contributed by atoms with Crippen molar-refractivity contribution in [2.75, 3.05) is 30.8 Å². The van der Waals surface area contributed by atoms with E-state index in [-0.39, 0.29) is 23.5 Å². The predicted octanol–water partition coefficient (Wildman–Crippen LogP) is 4.92. The van der Waals surface area contributed by atoms with Crippen molar-refractivity contribution in [2.24, 2.45) is 0 Å². The third-order valence-corrected chi connectivity index (χ3v) is 5.72. The molecule has 0 saturated carbocycles. The summed E-state index contributed by atoms with van der Waals surface area (Å²) in [5.41, 5.74) is 1.22. The maximum atomic E-state index is 12.7. The molecule has 10 heteroatoms. The first-order valence-electron chi connectivity index (χ1n) is 10.4. The summed E-state index contributed by atoms with van der Waals surface area (Å²) in [6.07, 6.45) is 3.60. The molecule has 0 aliphatic carbocycles. The number of rotatable bonds is 7. The first kappa shape index (κ1) is 23.1. The van der Waals surface area contributed by atoms with Gasteiger partial charge in [-0.1, -0.05) is 29.3 Å². The molecule has 2 aromatic carbocycles. The van der Waals surface area contributed by atoms with Crippen LogP contribution in [0, 0.1) is 0 Å². The van der Waals surface area contributed by atoms with Gasteiger partial charge in [0.15, 0.2) is 0 Å². The first-order chi connectivity index (χ1) is 16.0. The van der Waals surface area contributed by atoms with E-state index in [1.807, 2.05) is 24.3 Å². The second-order valence-electron chi connectivity index (χ2n) is 7.38. The van der Waals surface area contributed by atoms with Gasteiger partial charge < -0.3 is 25.4 Å². The molecule has 4 rings (SSSR count). The van der Waals surface area contributed by atoms with Gasteiger partial charge in [0.2, 0.25) is 11.8 Å². The van der Waals surface area contributed by atoms with Gasteiger partial charge in [-0.3, -0.25) is 4.79 Å². The molecule has 0 radical (unpaired) electrons. The van der Waals surface area contributed by atoms with E-state index in [4.69, 9.17) is 32.7 Å². The summed E-state index contributed by atoms with van der Waals surface area (Å²) >= 11 is 12.3. The van der Waals surface area contributed by atoms with Crippen molar-refractivity contribution >= 4 is 46.4 Å². The zero-order valence-electron chi connectivity index (χ0n) is 17.9. The van der Waals surface area contributed by atoms with E-state index in [2.05, 4.69) is 25.9 Å².